The minimum atomic E-state index is -4.51. The molecular weight excluding hydrogens is 461 g/mol. The number of thiazole rings is 1. The van der Waals surface area contributed by atoms with Crippen LogP contribution in [-0.4, -0.2) is 35.0 Å². The fourth-order valence-electron chi connectivity index (χ4n) is 4.67. The van der Waals surface area contributed by atoms with E-state index in [-0.39, 0.29) is 18.0 Å². The SMILES string of the molecule is CN(c1cc(C(F)(F)F)nc2ccccc12)[C@H]1CC[C@@H](NC(=O)c2ccc3scnc3c2)CC1. The molecule has 0 unspecified atom stereocenters. The quantitative estimate of drug-likeness (QED) is 0.384. The first-order valence-electron chi connectivity index (χ1n) is 11.1. The number of hydrogen-bond donors (Lipinski definition) is 1. The van der Waals surface area contributed by atoms with Crippen LogP contribution in [0.1, 0.15) is 41.7 Å². The number of halogens is 3. The second-order valence-electron chi connectivity index (χ2n) is 8.67. The van der Waals surface area contributed by atoms with E-state index in [2.05, 4.69) is 15.3 Å². The lowest BCUT2D eigenvalue weighted by molar-refractivity contribution is -0.140. The number of nitrogens with one attached hydrogen (secondary N) is 1. The van der Waals surface area contributed by atoms with Crippen LogP contribution in [-0.2, 0) is 6.18 Å². The predicted octanol–water partition coefficient (Wildman–Crippen LogP) is 6.04. The van der Waals surface area contributed by atoms with Crippen molar-refractivity contribution in [3.8, 4) is 0 Å². The first-order chi connectivity index (χ1) is 16.3. The molecule has 34 heavy (non-hydrogen) atoms. The lowest BCUT2D eigenvalue weighted by atomic mass is 9.89. The van der Waals surface area contributed by atoms with Crippen molar-refractivity contribution in [2.24, 2.45) is 0 Å². The van der Waals surface area contributed by atoms with Crippen molar-refractivity contribution in [2.45, 2.75) is 43.9 Å². The minimum Gasteiger partial charge on any atom is -0.371 e. The van der Waals surface area contributed by atoms with Gasteiger partial charge in [0.2, 0.25) is 0 Å². The van der Waals surface area contributed by atoms with Crippen LogP contribution in [0.15, 0.2) is 54.0 Å². The van der Waals surface area contributed by atoms with Crippen molar-refractivity contribution in [3.05, 3.63) is 65.3 Å². The molecular formula is C25H23F3N4OS. The third kappa shape index (κ3) is 4.44. The largest absolute Gasteiger partial charge is 0.433 e. The number of nitrogens with zero attached hydrogens (tertiary/aromatic N) is 3. The number of amides is 1. The molecule has 1 saturated carbocycles. The van der Waals surface area contributed by atoms with Crippen molar-refractivity contribution in [1.29, 1.82) is 0 Å². The molecule has 2 aromatic heterocycles. The van der Waals surface area contributed by atoms with Gasteiger partial charge in [0.05, 0.1) is 21.2 Å². The van der Waals surface area contributed by atoms with Gasteiger partial charge in [0.15, 0.2) is 0 Å². The van der Waals surface area contributed by atoms with Crippen LogP contribution in [0.25, 0.3) is 21.1 Å². The highest BCUT2D eigenvalue weighted by molar-refractivity contribution is 7.16. The summed E-state index contributed by atoms with van der Waals surface area (Å²) in [5.74, 6) is -0.123. The third-order valence-corrected chi connectivity index (χ3v) is 7.35. The lowest BCUT2D eigenvalue weighted by Gasteiger charge is -2.37. The molecule has 1 amide bonds. The molecule has 0 atom stereocenters. The van der Waals surface area contributed by atoms with Crippen LogP contribution >= 0.6 is 11.3 Å². The van der Waals surface area contributed by atoms with E-state index in [1.165, 1.54) is 11.3 Å². The number of hydrogen-bond acceptors (Lipinski definition) is 5. The Balaban J connectivity index is 1.28. The molecule has 176 valence electrons. The van der Waals surface area contributed by atoms with Crippen LogP contribution in [0.3, 0.4) is 0 Å². The van der Waals surface area contributed by atoms with Crippen LogP contribution in [0.2, 0.25) is 0 Å². The van der Waals surface area contributed by atoms with E-state index in [4.69, 9.17) is 0 Å². The van der Waals surface area contributed by atoms with E-state index >= 15 is 0 Å². The maximum atomic E-state index is 13.5. The van der Waals surface area contributed by atoms with Crippen molar-refractivity contribution in [1.82, 2.24) is 15.3 Å². The van der Waals surface area contributed by atoms with Gasteiger partial charge in [-0.2, -0.15) is 13.2 Å². The molecule has 2 heterocycles. The van der Waals surface area contributed by atoms with Gasteiger partial charge < -0.3 is 10.2 Å². The Morgan fingerprint density at radius 2 is 1.82 bits per heavy atom. The molecule has 5 rings (SSSR count). The molecule has 4 aromatic rings. The molecule has 0 bridgehead atoms. The van der Waals surface area contributed by atoms with E-state index in [0.717, 1.165) is 42.0 Å². The zero-order chi connectivity index (χ0) is 23.9. The first-order valence-corrected chi connectivity index (χ1v) is 12.0. The number of pyridine rings is 1. The molecule has 1 aliphatic rings. The smallest absolute Gasteiger partial charge is 0.371 e. The van der Waals surface area contributed by atoms with Crippen LogP contribution < -0.4 is 10.2 Å². The van der Waals surface area contributed by atoms with Gasteiger partial charge in [-0.15, -0.1) is 11.3 Å². The fraction of sp³-hybridized carbons (Fsp3) is 0.320. The summed E-state index contributed by atoms with van der Waals surface area (Å²) < 4.78 is 41.4. The summed E-state index contributed by atoms with van der Waals surface area (Å²) >= 11 is 1.53. The van der Waals surface area contributed by atoms with E-state index < -0.39 is 11.9 Å². The summed E-state index contributed by atoms with van der Waals surface area (Å²) in [6.07, 6.45) is -1.46. The van der Waals surface area contributed by atoms with E-state index in [1.54, 1.807) is 29.8 Å². The number of aromatic nitrogens is 2. The van der Waals surface area contributed by atoms with Crippen LogP contribution in [0, 0.1) is 0 Å². The van der Waals surface area contributed by atoms with Crippen molar-refractivity contribution >= 4 is 44.1 Å². The van der Waals surface area contributed by atoms with Crippen LogP contribution in [0.4, 0.5) is 18.9 Å². The second-order valence-corrected chi connectivity index (χ2v) is 9.55. The number of alkyl halides is 3. The molecule has 9 heteroatoms. The summed E-state index contributed by atoms with van der Waals surface area (Å²) in [5, 5.41) is 3.81. The first kappa shape index (κ1) is 22.6. The van der Waals surface area contributed by atoms with E-state index in [1.807, 2.05) is 30.1 Å². The summed E-state index contributed by atoms with van der Waals surface area (Å²) in [7, 11) is 1.84. The predicted molar refractivity (Wildman–Crippen MR) is 128 cm³/mol. The molecule has 1 aliphatic carbocycles. The Kier molecular flexibility index (Phi) is 5.89. The molecule has 0 radical (unpaired) electrons. The lowest BCUT2D eigenvalue weighted by Crippen LogP contribution is -2.43. The average molecular weight is 485 g/mol. The Bertz CT molecular complexity index is 1350. The Labute approximate surface area is 198 Å². The number of carbonyl (C=O) groups excluding carboxylic acids is 1. The van der Waals surface area contributed by atoms with Crippen molar-refractivity contribution in [3.63, 3.8) is 0 Å². The zero-order valence-corrected chi connectivity index (χ0v) is 19.3. The van der Waals surface area contributed by atoms with Crippen molar-refractivity contribution in [2.75, 3.05) is 11.9 Å². The molecule has 0 saturated heterocycles. The number of rotatable bonds is 4. The van der Waals surface area contributed by atoms with Gasteiger partial charge in [-0.05, 0) is 56.0 Å². The Morgan fingerprint density at radius 1 is 1.06 bits per heavy atom. The number of para-hydroxylation sites is 1. The molecule has 1 N–H and O–H groups in total. The highest BCUT2D eigenvalue weighted by atomic mass is 32.1. The van der Waals surface area contributed by atoms with Gasteiger partial charge in [0.1, 0.15) is 5.69 Å². The van der Waals surface area contributed by atoms with Gasteiger partial charge >= 0.3 is 6.18 Å². The average Bonchev–Trinajstić information content (AvgIpc) is 3.31. The second kappa shape index (κ2) is 8.87. The number of anilines is 1. The summed E-state index contributed by atoms with van der Waals surface area (Å²) in [6, 6.07) is 13.7. The van der Waals surface area contributed by atoms with Crippen molar-refractivity contribution < 1.29 is 18.0 Å². The summed E-state index contributed by atoms with van der Waals surface area (Å²) in [6.45, 7) is 0. The van der Waals surface area contributed by atoms with E-state index in [0.29, 0.717) is 22.2 Å². The van der Waals surface area contributed by atoms with Crippen LogP contribution in [0.5, 0.6) is 0 Å². The van der Waals surface area contributed by atoms with Gasteiger partial charge in [-0.25, -0.2) is 9.97 Å². The summed E-state index contributed by atoms with van der Waals surface area (Å²) in [5.41, 5.74) is 3.13. The van der Waals surface area contributed by atoms with E-state index in [9.17, 15) is 18.0 Å². The third-order valence-electron chi connectivity index (χ3n) is 6.54. The molecule has 1 fully saturated rings. The zero-order valence-electron chi connectivity index (χ0n) is 18.5. The maximum Gasteiger partial charge on any atom is 0.433 e. The monoisotopic (exact) mass is 484 g/mol. The number of benzene rings is 2. The molecule has 5 nitrogen and oxygen atoms in total. The Hall–Kier alpha value is -3.20. The molecule has 0 spiro atoms. The highest BCUT2D eigenvalue weighted by Crippen LogP contribution is 2.36. The topological polar surface area (TPSA) is 58.1 Å². The minimum absolute atomic E-state index is 0.0307. The summed E-state index contributed by atoms with van der Waals surface area (Å²) in [4.78, 5) is 22.8. The molecule has 0 aliphatic heterocycles. The normalized spacial score (nSPS) is 18.8. The maximum absolute atomic E-state index is 13.5. The van der Waals surface area contributed by atoms with Gasteiger partial charge in [-0.3, -0.25) is 4.79 Å². The Morgan fingerprint density at radius 3 is 2.59 bits per heavy atom. The van der Waals surface area contributed by atoms with Gasteiger partial charge in [0.25, 0.3) is 5.91 Å². The van der Waals surface area contributed by atoms with Gasteiger partial charge in [0, 0.05) is 35.8 Å². The standard InChI is InChI=1S/C25H23F3N4OS/c1-32(21-13-23(25(26,27)28)31-19-5-3-2-4-18(19)21)17-9-7-16(8-10-17)30-24(33)15-6-11-22-20(12-15)29-14-34-22/h2-6,11-14,16-17H,7-10H2,1H3,(H,30,33)/t16-,17+. The van der Waals surface area contributed by atoms with Gasteiger partial charge in [-0.1, -0.05) is 18.2 Å². The fourth-order valence-corrected chi connectivity index (χ4v) is 5.32. The number of fused-ring (bicyclic) bond motifs is 2. The molecule has 2 aromatic carbocycles. The highest BCUT2D eigenvalue weighted by Gasteiger charge is 2.34. The number of carbonyl (C=O) groups is 1.